The molecule has 0 atom stereocenters. The fraction of sp³-hybridized carbons (Fsp3) is 0.192. The van der Waals surface area contributed by atoms with E-state index < -0.39 is 5.97 Å². The maximum atomic E-state index is 12.3. The molecule has 0 aliphatic rings. The maximum absolute atomic E-state index is 12.3. The van der Waals surface area contributed by atoms with Crippen molar-refractivity contribution in [3.05, 3.63) is 95.6 Å². The Balaban J connectivity index is 1.47. The van der Waals surface area contributed by atoms with Crippen LogP contribution in [0.5, 0.6) is 11.5 Å². The molecule has 32 heavy (non-hydrogen) atoms. The average molecular weight is 431 g/mol. The summed E-state index contributed by atoms with van der Waals surface area (Å²) < 4.78 is 11.0. The third-order valence-corrected chi connectivity index (χ3v) is 4.56. The average Bonchev–Trinajstić information content (AvgIpc) is 2.81. The quantitative estimate of drug-likeness (QED) is 0.165. The zero-order valence-electron chi connectivity index (χ0n) is 18.0. The number of esters is 1. The lowest BCUT2D eigenvalue weighted by Gasteiger charge is -2.07. The van der Waals surface area contributed by atoms with E-state index in [0.29, 0.717) is 17.9 Å². The van der Waals surface area contributed by atoms with E-state index in [1.54, 1.807) is 48.5 Å². The van der Waals surface area contributed by atoms with Gasteiger partial charge in [-0.1, -0.05) is 43.7 Å². The summed E-state index contributed by atoms with van der Waals surface area (Å²) in [5.41, 5.74) is 4.63. The van der Waals surface area contributed by atoms with Crippen LogP contribution >= 0.6 is 0 Å². The topological polar surface area (TPSA) is 77.0 Å². The molecule has 0 fully saturated rings. The van der Waals surface area contributed by atoms with Gasteiger partial charge in [0, 0.05) is 0 Å². The van der Waals surface area contributed by atoms with Gasteiger partial charge < -0.3 is 9.47 Å². The second-order valence-corrected chi connectivity index (χ2v) is 7.14. The van der Waals surface area contributed by atoms with Gasteiger partial charge in [-0.05, 0) is 66.1 Å². The highest BCUT2D eigenvalue weighted by Crippen LogP contribution is 2.16. The van der Waals surface area contributed by atoms with Gasteiger partial charge in [-0.25, -0.2) is 10.2 Å². The molecule has 0 aromatic heterocycles. The van der Waals surface area contributed by atoms with Crippen molar-refractivity contribution >= 4 is 18.1 Å². The molecule has 3 aromatic carbocycles. The van der Waals surface area contributed by atoms with Crippen LogP contribution in [-0.4, -0.2) is 24.7 Å². The fourth-order valence-electron chi connectivity index (χ4n) is 2.81. The summed E-state index contributed by atoms with van der Waals surface area (Å²) >= 11 is 0. The first-order valence-electron chi connectivity index (χ1n) is 10.5. The highest BCUT2D eigenvalue weighted by atomic mass is 16.5. The minimum absolute atomic E-state index is 0.195. The first-order valence-corrected chi connectivity index (χ1v) is 10.5. The Kier molecular flexibility index (Phi) is 8.57. The predicted octanol–water partition coefficient (Wildman–Crippen LogP) is 4.78. The lowest BCUT2D eigenvalue weighted by Crippen LogP contribution is -2.19. The highest BCUT2D eigenvalue weighted by Gasteiger charge is 2.09. The normalized spacial score (nSPS) is 10.7. The van der Waals surface area contributed by atoms with Crippen LogP contribution in [0.3, 0.4) is 0 Å². The SMILES string of the molecule is CCCCOc1ccc(C(=O)Oc2ccc(C=NNC(=O)Cc3ccccc3)cc2)cc1. The number of amides is 1. The number of benzene rings is 3. The summed E-state index contributed by atoms with van der Waals surface area (Å²) in [6.45, 7) is 2.76. The smallest absolute Gasteiger partial charge is 0.343 e. The van der Waals surface area contributed by atoms with Crippen molar-refractivity contribution in [3.63, 3.8) is 0 Å². The second kappa shape index (κ2) is 12.1. The molecule has 1 amide bonds. The summed E-state index contributed by atoms with van der Waals surface area (Å²) in [5.74, 6) is 0.512. The molecule has 0 bridgehead atoms. The molecular weight excluding hydrogens is 404 g/mol. The van der Waals surface area contributed by atoms with E-state index in [4.69, 9.17) is 9.47 Å². The Bertz CT molecular complexity index is 1030. The first-order chi connectivity index (χ1) is 15.6. The van der Waals surface area contributed by atoms with Gasteiger partial charge >= 0.3 is 5.97 Å². The molecule has 3 aromatic rings. The maximum Gasteiger partial charge on any atom is 0.343 e. The third-order valence-electron chi connectivity index (χ3n) is 4.56. The summed E-state index contributed by atoms with van der Waals surface area (Å²) in [7, 11) is 0. The van der Waals surface area contributed by atoms with Crippen LogP contribution in [0.1, 0.15) is 41.3 Å². The Morgan fingerprint density at radius 3 is 2.28 bits per heavy atom. The van der Waals surface area contributed by atoms with Gasteiger partial charge in [0.1, 0.15) is 11.5 Å². The number of carbonyl (C=O) groups is 2. The summed E-state index contributed by atoms with van der Waals surface area (Å²) in [5, 5.41) is 3.97. The minimum atomic E-state index is -0.445. The molecule has 0 aliphatic carbocycles. The molecule has 1 N–H and O–H groups in total. The lowest BCUT2D eigenvalue weighted by atomic mass is 10.1. The van der Waals surface area contributed by atoms with Crippen LogP contribution in [0.15, 0.2) is 84.0 Å². The number of nitrogens with one attached hydrogen (secondary N) is 1. The van der Waals surface area contributed by atoms with Gasteiger partial charge in [0.05, 0.1) is 24.8 Å². The first kappa shape index (κ1) is 22.7. The third kappa shape index (κ3) is 7.40. The second-order valence-electron chi connectivity index (χ2n) is 7.14. The van der Waals surface area contributed by atoms with Gasteiger partial charge in [0.2, 0.25) is 5.91 Å². The van der Waals surface area contributed by atoms with Crippen LogP contribution in [0, 0.1) is 0 Å². The molecule has 0 aliphatic heterocycles. The number of hydrogen-bond donors (Lipinski definition) is 1. The van der Waals surface area contributed by atoms with Crippen molar-refractivity contribution in [3.8, 4) is 11.5 Å². The van der Waals surface area contributed by atoms with Crippen LogP contribution in [-0.2, 0) is 11.2 Å². The molecule has 0 radical (unpaired) electrons. The van der Waals surface area contributed by atoms with Gasteiger partial charge in [0.15, 0.2) is 0 Å². The summed E-state index contributed by atoms with van der Waals surface area (Å²) in [6, 6.07) is 23.2. The van der Waals surface area contributed by atoms with Crippen molar-refractivity contribution < 1.29 is 19.1 Å². The van der Waals surface area contributed by atoms with Gasteiger partial charge in [-0.15, -0.1) is 0 Å². The van der Waals surface area contributed by atoms with E-state index in [1.165, 1.54) is 6.21 Å². The standard InChI is InChI=1S/C26H26N2O4/c1-2-3-17-31-23-15-11-22(12-16-23)26(30)32-24-13-9-21(10-14-24)19-27-28-25(29)18-20-7-5-4-6-8-20/h4-16,19H,2-3,17-18H2,1H3,(H,28,29). The number of hydrazone groups is 1. The van der Waals surface area contributed by atoms with E-state index in [-0.39, 0.29) is 12.3 Å². The van der Waals surface area contributed by atoms with E-state index in [2.05, 4.69) is 17.5 Å². The number of carbonyl (C=O) groups excluding carboxylic acids is 2. The van der Waals surface area contributed by atoms with Crippen LogP contribution in [0.25, 0.3) is 0 Å². The molecule has 6 nitrogen and oxygen atoms in total. The summed E-state index contributed by atoms with van der Waals surface area (Å²) in [4.78, 5) is 24.2. The zero-order chi connectivity index (χ0) is 22.6. The monoisotopic (exact) mass is 430 g/mol. The molecule has 0 saturated heterocycles. The Morgan fingerprint density at radius 2 is 1.59 bits per heavy atom. The van der Waals surface area contributed by atoms with E-state index in [9.17, 15) is 9.59 Å². The number of nitrogens with zero attached hydrogens (tertiary/aromatic N) is 1. The van der Waals surface area contributed by atoms with Crippen molar-refractivity contribution in [1.82, 2.24) is 5.43 Å². The molecule has 0 spiro atoms. The van der Waals surface area contributed by atoms with E-state index >= 15 is 0 Å². The van der Waals surface area contributed by atoms with Crippen molar-refractivity contribution in [2.24, 2.45) is 5.10 Å². The van der Waals surface area contributed by atoms with Crippen molar-refractivity contribution in [1.29, 1.82) is 0 Å². The molecule has 0 saturated carbocycles. The molecule has 0 unspecified atom stereocenters. The van der Waals surface area contributed by atoms with Crippen LogP contribution in [0.2, 0.25) is 0 Å². The molecule has 6 heteroatoms. The molecule has 0 heterocycles. The number of hydrogen-bond acceptors (Lipinski definition) is 5. The van der Waals surface area contributed by atoms with E-state index in [1.807, 2.05) is 30.3 Å². The molecular formula is C26H26N2O4. The van der Waals surface area contributed by atoms with Crippen molar-refractivity contribution in [2.75, 3.05) is 6.61 Å². The van der Waals surface area contributed by atoms with Gasteiger partial charge in [-0.2, -0.15) is 5.10 Å². The largest absolute Gasteiger partial charge is 0.494 e. The number of rotatable bonds is 10. The van der Waals surface area contributed by atoms with Crippen molar-refractivity contribution in [2.45, 2.75) is 26.2 Å². The number of ether oxygens (including phenoxy) is 2. The van der Waals surface area contributed by atoms with E-state index in [0.717, 1.165) is 29.7 Å². The fourth-order valence-corrected chi connectivity index (χ4v) is 2.81. The van der Waals surface area contributed by atoms with Gasteiger partial charge in [-0.3, -0.25) is 4.79 Å². The molecule has 3 rings (SSSR count). The Morgan fingerprint density at radius 1 is 0.906 bits per heavy atom. The van der Waals surface area contributed by atoms with Crippen LogP contribution < -0.4 is 14.9 Å². The predicted molar refractivity (Wildman–Crippen MR) is 124 cm³/mol. The lowest BCUT2D eigenvalue weighted by molar-refractivity contribution is -0.120. The summed E-state index contributed by atoms with van der Waals surface area (Å²) in [6.07, 6.45) is 3.85. The number of unbranched alkanes of at least 4 members (excludes halogenated alkanes) is 1. The van der Waals surface area contributed by atoms with Crippen LogP contribution in [0.4, 0.5) is 0 Å². The highest BCUT2D eigenvalue weighted by molar-refractivity contribution is 5.91. The minimum Gasteiger partial charge on any atom is -0.494 e. The Labute approximate surface area is 187 Å². The zero-order valence-corrected chi connectivity index (χ0v) is 18.0. The van der Waals surface area contributed by atoms with Gasteiger partial charge in [0.25, 0.3) is 0 Å². The Hall–Kier alpha value is -3.93. The molecule has 164 valence electrons.